The van der Waals surface area contributed by atoms with E-state index in [-0.39, 0.29) is 30.1 Å². The molecular formula is C33H65NO5. The summed E-state index contributed by atoms with van der Waals surface area (Å²) in [6, 6.07) is 0. The SMILES string of the molecule is CCCCCCC(CCCC)C(=O)COCCOCCOCCNC(=O)C(CCCCCC)CCCCCC. The number of hydrogen-bond donors (Lipinski definition) is 1. The Kier molecular flexibility index (Phi) is 29.2. The average molecular weight is 556 g/mol. The van der Waals surface area contributed by atoms with E-state index in [2.05, 4.69) is 33.0 Å². The number of ether oxygens (including phenoxy) is 3. The van der Waals surface area contributed by atoms with E-state index in [9.17, 15) is 9.59 Å². The highest BCUT2D eigenvalue weighted by atomic mass is 16.5. The van der Waals surface area contributed by atoms with Crippen LogP contribution in [-0.2, 0) is 23.8 Å². The van der Waals surface area contributed by atoms with E-state index in [0.717, 1.165) is 57.8 Å². The maximum absolute atomic E-state index is 12.7. The molecule has 0 aliphatic carbocycles. The van der Waals surface area contributed by atoms with E-state index in [0.29, 0.717) is 39.6 Å². The molecule has 0 aromatic rings. The zero-order valence-corrected chi connectivity index (χ0v) is 26.4. The number of carbonyl (C=O) groups is 2. The van der Waals surface area contributed by atoms with Gasteiger partial charge >= 0.3 is 0 Å². The minimum atomic E-state index is 0.136. The Bertz CT molecular complexity index is 530. The van der Waals surface area contributed by atoms with Gasteiger partial charge in [-0.15, -0.1) is 0 Å². The normalized spacial score (nSPS) is 12.2. The first kappa shape index (κ1) is 38.0. The van der Waals surface area contributed by atoms with Crippen LogP contribution in [0.15, 0.2) is 0 Å². The highest BCUT2D eigenvalue weighted by molar-refractivity contribution is 5.82. The first-order valence-corrected chi connectivity index (χ1v) is 16.6. The number of amides is 1. The van der Waals surface area contributed by atoms with Crippen LogP contribution < -0.4 is 5.32 Å². The molecule has 0 radical (unpaired) electrons. The maximum Gasteiger partial charge on any atom is 0.223 e. The number of unbranched alkanes of at least 4 members (excludes halogenated alkanes) is 10. The van der Waals surface area contributed by atoms with E-state index in [1.54, 1.807) is 0 Å². The molecule has 0 saturated carbocycles. The smallest absolute Gasteiger partial charge is 0.223 e. The van der Waals surface area contributed by atoms with Gasteiger partial charge in [-0.2, -0.15) is 0 Å². The molecule has 0 aliphatic rings. The number of carbonyl (C=O) groups excluding carboxylic acids is 2. The summed E-state index contributed by atoms with van der Waals surface area (Å²) in [5.74, 6) is 0.716. The lowest BCUT2D eigenvalue weighted by Crippen LogP contribution is -2.33. The number of hydrogen-bond acceptors (Lipinski definition) is 5. The van der Waals surface area contributed by atoms with Gasteiger partial charge in [0.1, 0.15) is 6.61 Å². The molecule has 0 rings (SSSR count). The largest absolute Gasteiger partial charge is 0.377 e. The van der Waals surface area contributed by atoms with Crippen molar-refractivity contribution in [2.75, 3.05) is 46.2 Å². The van der Waals surface area contributed by atoms with E-state index >= 15 is 0 Å². The second-order valence-corrected chi connectivity index (χ2v) is 11.1. The average Bonchev–Trinajstić information content (AvgIpc) is 2.94. The summed E-state index contributed by atoms with van der Waals surface area (Å²) in [5.41, 5.74) is 0. The van der Waals surface area contributed by atoms with E-state index in [1.807, 2.05) is 0 Å². The van der Waals surface area contributed by atoms with Gasteiger partial charge < -0.3 is 19.5 Å². The van der Waals surface area contributed by atoms with Gasteiger partial charge in [0.25, 0.3) is 0 Å². The van der Waals surface area contributed by atoms with Gasteiger partial charge in [-0.25, -0.2) is 0 Å². The number of nitrogens with one attached hydrogen (secondary N) is 1. The molecule has 6 nitrogen and oxygen atoms in total. The third kappa shape index (κ3) is 24.5. The van der Waals surface area contributed by atoms with Crippen LogP contribution in [0.4, 0.5) is 0 Å². The van der Waals surface area contributed by atoms with Gasteiger partial charge in [0, 0.05) is 18.4 Å². The van der Waals surface area contributed by atoms with Crippen molar-refractivity contribution in [2.45, 2.75) is 143 Å². The quantitative estimate of drug-likeness (QED) is 0.0876. The van der Waals surface area contributed by atoms with Crippen molar-refractivity contribution in [3.05, 3.63) is 0 Å². The molecule has 0 aliphatic heterocycles. The Morgan fingerprint density at radius 2 is 0.949 bits per heavy atom. The summed E-state index contributed by atoms with van der Waals surface area (Å²) < 4.78 is 16.8. The number of rotatable bonds is 31. The van der Waals surface area contributed by atoms with Crippen LogP contribution >= 0.6 is 0 Å². The first-order chi connectivity index (χ1) is 19.1. The Morgan fingerprint density at radius 1 is 0.513 bits per heavy atom. The second kappa shape index (κ2) is 30.0. The lowest BCUT2D eigenvalue weighted by molar-refractivity contribution is -0.128. The summed E-state index contributed by atoms with van der Waals surface area (Å²) in [6.07, 6.45) is 20.7. The molecule has 0 bridgehead atoms. The van der Waals surface area contributed by atoms with Crippen LogP contribution in [-0.4, -0.2) is 57.9 Å². The van der Waals surface area contributed by atoms with Gasteiger partial charge in [0.2, 0.25) is 5.91 Å². The highest BCUT2D eigenvalue weighted by Gasteiger charge is 2.18. The summed E-state index contributed by atoms with van der Waals surface area (Å²) >= 11 is 0. The molecule has 1 unspecified atom stereocenters. The van der Waals surface area contributed by atoms with Crippen LogP contribution in [0.2, 0.25) is 0 Å². The molecule has 0 aromatic heterocycles. The number of ketones is 1. The van der Waals surface area contributed by atoms with Gasteiger partial charge in [-0.1, -0.05) is 118 Å². The molecule has 0 spiro atoms. The minimum Gasteiger partial charge on any atom is -0.377 e. The van der Waals surface area contributed by atoms with Crippen LogP contribution in [0.25, 0.3) is 0 Å². The Balaban J connectivity index is 3.90. The van der Waals surface area contributed by atoms with Crippen molar-refractivity contribution < 1.29 is 23.8 Å². The topological polar surface area (TPSA) is 73.9 Å². The molecule has 0 heterocycles. The fourth-order valence-electron chi connectivity index (χ4n) is 4.90. The predicted molar refractivity (Wildman–Crippen MR) is 163 cm³/mol. The fraction of sp³-hybridized carbons (Fsp3) is 0.939. The third-order valence-electron chi connectivity index (χ3n) is 7.48. The fourth-order valence-corrected chi connectivity index (χ4v) is 4.90. The zero-order chi connectivity index (χ0) is 28.8. The van der Waals surface area contributed by atoms with Crippen molar-refractivity contribution in [3.63, 3.8) is 0 Å². The lowest BCUT2D eigenvalue weighted by atomic mass is 9.91. The monoisotopic (exact) mass is 555 g/mol. The van der Waals surface area contributed by atoms with Crippen LogP contribution in [0, 0.1) is 11.8 Å². The van der Waals surface area contributed by atoms with Crippen LogP contribution in [0.5, 0.6) is 0 Å². The summed E-state index contributed by atoms with van der Waals surface area (Å²) in [5, 5.41) is 3.08. The van der Waals surface area contributed by atoms with E-state index in [4.69, 9.17) is 14.2 Å². The molecule has 1 amide bonds. The lowest BCUT2D eigenvalue weighted by Gasteiger charge is -2.17. The molecule has 232 valence electrons. The molecule has 6 heteroatoms. The second-order valence-electron chi connectivity index (χ2n) is 11.1. The standard InChI is InChI=1S/C33H65NO5/c1-5-9-13-16-20-30(19-12-8-4)32(35)29-39-28-27-38-26-25-37-24-23-34-33(36)31(21-17-14-10-6-2)22-18-15-11-7-3/h30-31H,5-29H2,1-4H3,(H,34,36). The van der Waals surface area contributed by atoms with Gasteiger partial charge in [0.15, 0.2) is 5.78 Å². The van der Waals surface area contributed by atoms with Crippen LogP contribution in [0.3, 0.4) is 0 Å². The van der Waals surface area contributed by atoms with E-state index < -0.39 is 0 Å². The molecule has 39 heavy (non-hydrogen) atoms. The van der Waals surface area contributed by atoms with Crippen LogP contribution in [0.1, 0.15) is 143 Å². The molecule has 1 N–H and O–H groups in total. The van der Waals surface area contributed by atoms with Gasteiger partial charge in [-0.05, 0) is 25.7 Å². The van der Waals surface area contributed by atoms with E-state index in [1.165, 1.54) is 57.8 Å². The Labute approximate surface area is 242 Å². The molecule has 1 atom stereocenters. The van der Waals surface area contributed by atoms with Crippen molar-refractivity contribution in [1.29, 1.82) is 0 Å². The van der Waals surface area contributed by atoms with Gasteiger partial charge in [-0.3, -0.25) is 9.59 Å². The zero-order valence-electron chi connectivity index (χ0n) is 26.4. The molecule has 0 saturated heterocycles. The molecular weight excluding hydrogens is 490 g/mol. The van der Waals surface area contributed by atoms with Crippen molar-refractivity contribution in [3.8, 4) is 0 Å². The molecule has 0 fully saturated rings. The molecule has 0 aromatic carbocycles. The highest BCUT2D eigenvalue weighted by Crippen LogP contribution is 2.20. The first-order valence-electron chi connectivity index (χ1n) is 16.6. The maximum atomic E-state index is 12.7. The van der Waals surface area contributed by atoms with Crippen molar-refractivity contribution in [1.82, 2.24) is 5.32 Å². The minimum absolute atomic E-state index is 0.136. The predicted octanol–water partition coefficient (Wildman–Crippen LogP) is 8.06. The van der Waals surface area contributed by atoms with Crippen molar-refractivity contribution in [2.24, 2.45) is 11.8 Å². The third-order valence-corrected chi connectivity index (χ3v) is 7.48. The summed E-state index contributed by atoms with van der Waals surface area (Å²) in [4.78, 5) is 25.3. The summed E-state index contributed by atoms with van der Waals surface area (Å²) in [7, 11) is 0. The number of Topliss-reactive ketones (excluding diaryl/α,β-unsaturated/α-hetero) is 1. The van der Waals surface area contributed by atoms with Crippen molar-refractivity contribution >= 4 is 11.7 Å². The van der Waals surface area contributed by atoms with Gasteiger partial charge in [0.05, 0.1) is 33.0 Å². The Hall–Kier alpha value is -0.980. The summed E-state index contributed by atoms with van der Waals surface area (Å²) in [6.45, 7) is 11.9. The Morgan fingerprint density at radius 3 is 1.46 bits per heavy atom.